The van der Waals surface area contributed by atoms with Crippen LogP contribution in [0.4, 0.5) is 4.79 Å². The molecule has 1 aliphatic rings. The Morgan fingerprint density at radius 3 is 2.60 bits per heavy atom. The summed E-state index contributed by atoms with van der Waals surface area (Å²) in [6, 6.07) is 9.29. The second kappa shape index (κ2) is 5.98. The molecule has 1 aromatic rings. The van der Waals surface area contributed by atoms with Crippen molar-refractivity contribution in [3.8, 4) is 11.8 Å². The normalized spacial score (nSPS) is 18.4. The van der Waals surface area contributed by atoms with E-state index in [4.69, 9.17) is 9.47 Å². The van der Waals surface area contributed by atoms with E-state index < -0.39 is 11.7 Å². The van der Waals surface area contributed by atoms with Crippen LogP contribution in [0.5, 0.6) is 0 Å². The zero-order valence-electron chi connectivity index (χ0n) is 12.0. The SMILES string of the molecule is CC(C)(C)OC(=O)N[C@@H](C#Cc1ccccc1)[C@H]1CO1. The fourth-order valence-corrected chi connectivity index (χ4v) is 1.59. The lowest BCUT2D eigenvalue weighted by atomic mass is 10.2. The van der Waals surface area contributed by atoms with Crippen LogP contribution >= 0.6 is 0 Å². The average Bonchev–Trinajstić information content (AvgIpc) is 3.17. The Balaban J connectivity index is 1.98. The first kappa shape index (κ1) is 14.4. The highest BCUT2D eigenvalue weighted by molar-refractivity contribution is 5.69. The Morgan fingerprint density at radius 2 is 2.05 bits per heavy atom. The maximum atomic E-state index is 11.8. The van der Waals surface area contributed by atoms with Gasteiger partial charge in [-0.3, -0.25) is 0 Å². The second-order valence-corrected chi connectivity index (χ2v) is 5.63. The number of ether oxygens (including phenoxy) is 2. The van der Waals surface area contributed by atoms with Crippen LogP contribution in [0.25, 0.3) is 0 Å². The van der Waals surface area contributed by atoms with Crippen molar-refractivity contribution < 1.29 is 14.3 Å². The van der Waals surface area contributed by atoms with Gasteiger partial charge in [0.05, 0.1) is 6.61 Å². The Kier molecular flexibility index (Phi) is 4.31. The number of alkyl carbamates (subject to hydrolysis) is 1. The lowest BCUT2D eigenvalue weighted by Gasteiger charge is -2.21. The number of hydrogen-bond acceptors (Lipinski definition) is 3. The van der Waals surface area contributed by atoms with Crippen molar-refractivity contribution in [1.82, 2.24) is 5.32 Å². The van der Waals surface area contributed by atoms with Crippen molar-refractivity contribution >= 4 is 6.09 Å². The molecule has 1 amide bonds. The van der Waals surface area contributed by atoms with Gasteiger partial charge < -0.3 is 14.8 Å². The minimum absolute atomic E-state index is 0.0428. The van der Waals surface area contributed by atoms with Crippen LogP contribution in [0, 0.1) is 11.8 Å². The molecular weight excluding hydrogens is 254 g/mol. The van der Waals surface area contributed by atoms with Crippen molar-refractivity contribution in [2.45, 2.75) is 38.5 Å². The molecule has 1 N–H and O–H groups in total. The molecular formula is C16H19NO3. The minimum atomic E-state index is -0.522. The fraction of sp³-hybridized carbons (Fsp3) is 0.438. The van der Waals surface area contributed by atoms with Gasteiger partial charge >= 0.3 is 6.09 Å². The molecule has 2 rings (SSSR count). The summed E-state index contributed by atoms with van der Waals surface area (Å²) in [5.41, 5.74) is 0.385. The van der Waals surface area contributed by atoms with Crippen molar-refractivity contribution in [1.29, 1.82) is 0 Å². The molecule has 0 aliphatic carbocycles. The quantitative estimate of drug-likeness (QED) is 0.664. The van der Waals surface area contributed by atoms with Gasteiger partial charge in [-0.05, 0) is 32.9 Å². The predicted molar refractivity (Wildman–Crippen MR) is 76.2 cm³/mol. The monoisotopic (exact) mass is 273 g/mol. The highest BCUT2D eigenvalue weighted by Gasteiger charge is 2.33. The Hall–Kier alpha value is -1.99. The van der Waals surface area contributed by atoms with Crippen LogP contribution in [0.1, 0.15) is 26.3 Å². The lowest BCUT2D eigenvalue weighted by Crippen LogP contribution is -2.41. The smallest absolute Gasteiger partial charge is 0.408 e. The largest absolute Gasteiger partial charge is 0.444 e. The maximum absolute atomic E-state index is 11.8. The molecule has 0 unspecified atom stereocenters. The van der Waals surface area contributed by atoms with Gasteiger partial charge in [-0.2, -0.15) is 0 Å². The molecule has 0 bridgehead atoms. The predicted octanol–water partition coefficient (Wildman–Crippen LogP) is 2.33. The Morgan fingerprint density at radius 1 is 1.40 bits per heavy atom. The Labute approximate surface area is 119 Å². The van der Waals surface area contributed by atoms with Crippen LogP contribution in [0.3, 0.4) is 0 Å². The number of carbonyl (C=O) groups excluding carboxylic acids is 1. The van der Waals surface area contributed by atoms with Crippen LogP contribution in [0.15, 0.2) is 30.3 Å². The first-order chi connectivity index (χ1) is 9.44. The van der Waals surface area contributed by atoms with E-state index >= 15 is 0 Å². The average molecular weight is 273 g/mol. The third-order valence-corrected chi connectivity index (χ3v) is 2.55. The summed E-state index contributed by atoms with van der Waals surface area (Å²) >= 11 is 0. The van der Waals surface area contributed by atoms with Crippen LogP contribution in [0.2, 0.25) is 0 Å². The van der Waals surface area contributed by atoms with E-state index in [0.717, 1.165) is 5.56 Å². The molecule has 106 valence electrons. The summed E-state index contributed by atoms with van der Waals surface area (Å²) in [4.78, 5) is 11.8. The molecule has 1 aromatic carbocycles. The molecule has 1 heterocycles. The van der Waals surface area contributed by atoms with E-state index in [1.165, 1.54) is 0 Å². The van der Waals surface area contributed by atoms with E-state index in [-0.39, 0.29) is 12.1 Å². The van der Waals surface area contributed by atoms with Gasteiger partial charge in [0.1, 0.15) is 17.7 Å². The third-order valence-electron chi connectivity index (χ3n) is 2.55. The van der Waals surface area contributed by atoms with Gasteiger partial charge in [0.15, 0.2) is 0 Å². The summed E-state index contributed by atoms with van der Waals surface area (Å²) in [5, 5.41) is 2.75. The number of amides is 1. The van der Waals surface area contributed by atoms with Gasteiger partial charge in [0, 0.05) is 5.56 Å². The van der Waals surface area contributed by atoms with E-state index in [0.29, 0.717) is 6.61 Å². The first-order valence-corrected chi connectivity index (χ1v) is 6.62. The molecule has 4 nitrogen and oxygen atoms in total. The highest BCUT2D eigenvalue weighted by Crippen LogP contribution is 2.15. The fourth-order valence-electron chi connectivity index (χ4n) is 1.59. The van der Waals surface area contributed by atoms with Crippen molar-refractivity contribution in [3.63, 3.8) is 0 Å². The lowest BCUT2D eigenvalue weighted by molar-refractivity contribution is 0.0509. The number of epoxide rings is 1. The summed E-state index contributed by atoms with van der Waals surface area (Å²) < 4.78 is 10.4. The number of rotatable bonds is 2. The van der Waals surface area contributed by atoms with Gasteiger partial charge in [-0.1, -0.05) is 30.0 Å². The molecule has 20 heavy (non-hydrogen) atoms. The molecule has 1 aliphatic heterocycles. The van der Waals surface area contributed by atoms with Gasteiger partial charge in [0.25, 0.3) is 0 Å². The third kappa shape index (κ3) is 4.94. The molecule has 0 aromatic heterocycles. The summed E-state index contributed by atoms with van der Waals surface area (Å²) in [6.45, 7) is 6.09. The standard InChI is InChI=1S/C16H19NO3/c1-16(2,3)20-15(18)17-13(14-11-19-14)10-9-12-7-5-4-6-8-12/h4-8,13-14H,11H2,1-3H3,(H,17,18)/t13-,14+/m0/s1. The molecule has 1 saturated heterocycles. The van der Waals surface area contributed by atoms with E-state index in [9.17, 15) is 4.79 Å². The zero-order chi connectivity index (χ0) is 14.6. The molecule has 1 fully saturated rings. The van der Waals surface area contributed by atoms with Crippen molar-refractivity contribution in [2.75, 3.05) is 6.61 Å². The molecule has 0 spiro atoms. The molecule has 0 radical (unpaired) electrons. The summed E-state index contributed by atoms with van der Waals surface area (Å²) in [7, 11) is 0. The van der Waals surface area contributed by atoms with E-state index in [1.54, 1.807) is 0 Å². The maximum Gasteiger partial charge on any atom is 0.408 e. The van der Waals surface area contributed by atoms with Crippen LogP contribution < -0.4 is 5.32 Å². The summed E-state index contributed by atoms with van der Waals surface area (Å²) in [5.74, 6) is 6.06. The topological polar surface area (TPSA) is 50.9 Å². The van der Waals surface area contributed by atoms with Gasteiger partial charge in [-0.25, -0.2) is 4.79 Å². The molecule has 0 saturated carbocycles. The van der Waals surface area contributed by atoms with Crippen LogP contribution in [-0.4, -0.2) is 30.4 Å². The number of hydrogen-bond donors (Lipinski definition) is 1. The van der Waals surface area contributed by atoms with E-state index in [2.05, 4.69) is 17.2 Å². The van der Waals surface area contributed by atoms with Crippen molar-refractivity contribution in [3.05, 3.63) is 35.9 Å². The number of nitrogens with one attached hydrogen (secondary N) is 1. The van der Waals surface area contributed by atoms with Gasteiger partial charge in [-0.15, -0.1) is 0 Å². The minimum Gasteiger partial charge on any atom is -0.444 e. The number of benzene rings is 1. The van der Waals surface area contributed by atoms with Gasteiger partial charge in [0.2, 0.25) is 0 Å². The molecule has 2 atom stereocenters. The number of carbonyl (C=O) groups is 1. The highest BCUT2D eigenvalue weighted by atomic mass is 16.6. The van der Waals surface area contributed by atoms with Crippen LogP contribution in [-0.2, 0) is 9.47 Å². The first-order valence-electron chi connectivity index (χ1n) is 6.62. The zero-order valence-corrected chi connectivity index (χ0v) is 12.0. The Bertz CT molecular complexity index is 518. The molecule has 4 heteroatoms. The second-order valence-electron chi connectivity index (χ2n) is 5.63. The van der Waals surface area contributed by atoms with Crippen molar-refractivity contribution in [2.24, 2.45) is 0 Å². The van der Waals surface area contributed by atoms with E-state index in [1.807, 2.05) is 51.1 Å². The summed E-state index contributed by atoms with van der Waals surface area (Å²) in [6.07, 6.45) is -0.515.